The molecule has 21 heavy (non-hydrogen) atoms. The van der Waals surface area contributed by atoms with Crippen LogP contribution in [0.2, 0.25) is 5.02 Å². The first-order valence-corrected chi connectivity index (χ1v) is 8.18. The smallest absolute Gasteiger partial charge is 0.223 e. The van der Waals surface area contributed by atoms with Crippen LogP contribution in [-0.2, 0) is 11.3 Å². The first-order chi connectivity index (χ1) is 10.1. The summed E-state index contributed by atoms with van der Waals surface area (Å²) in [6.45, 7) is 6.93. The van der Waals surface area contributed by atoms with Crippen molar-refractivity contribution in [1.82, 2.24) is 10.2 Å². The van der Waals surface area contributed by atoms with Gasteiger partial charge in [0.2, 0.25) is 5.91 Å². The van der Waals surface area contributed by atoms with Gasteiger partial charge in [-0.05, 0) is 63.4 Å². The number of nitrogens with zero attached hydrogens (tertiary/aromatic N) is 1. The van der Waals surface area contributed by atoms with E-state index in [1.807, 2.05) is 29.2 Å². The molecule has 1 aliphatic heterocycles. The van der Waals surface area contributed by atoms with Crippen molar-refractivity contribution < 1.29 is 4.79 Å². The van der Waals surface area contributed by atoms with Crippen LogP contribution in [0.25, 0.3) is 0 Å². The molecule has 1 aliphatic rings. The average molecular weight is 309 g/mol. The number of hydrogen-bond donors (Lipinski definition) is 1. The minimum atomic E-state index is 0.207. The highest BCUT2D eigenvalue weighted by atomic mass is 35.5. The van der Waals surface area contributed by atoms with Gasteiger partial charge < -0.3 is 10.2 Å². The zero-order valence-corrected chi connectivity index (χ0v) is 13.7. The first-order valence-electron chi connectivity index (χ1n) is 7.81. The van der Waals surface area contributed by atoms with Crippen molar-refractivity contribution in [2.24, 2.45) is 5.92 Å². The van der Waals surface area contributed by atoms with Crippen molar-refractivity contribution in [3.05, 3.63) is 34.9 Å². The van der Waals surface area contributed by atoms with Gasteiger partial charge in [0, 0.05) is 24.0 Å². The second-order valence-electron chi connectivity index (χ2n) is 6.14. The van der Waals surface area contributed by atoms with Gasteiger partial charge in [0.1, 0.15) is 0 Å². The van der Waals surface area contributed by atoms with Crippen molar-refractivity contribution in [1.29, 1.82) is 0 Å². The SMILES string of the molecule is CC(C)N(Cc1cccc(Cl)c1)C(=O)CCC1CCNC1. The molecule has 2 rings (SSSR count). The molecule has 1 unspecified atom stereocenters. The molecule has 0 bridgehead atoms. The maximum Gasteiger partial charge on any atom is 0.223 e. The summed E-state index contributed by atoms with van der Waals surface area (Å²) < 4.78 is 0. The number of carbonyl (C=O) groups is 1. The van der Waals surface area contributed by atoms with E-state index in [1.165, 1.54) is 6.42 Å². The third kappa shape index (κ3) is 5.01. The minimum absolute atomic E-state index is 0.207. The summed E-state index contributed by atoms with van der Waals surface area (Å²) in [5.74, 6) is 0.908. The zero-order valence-electron chi connectivity index (χ0n) is 12.9. The highest BCUT2D eigenvalue weighted by Gasteiger charge is 2.20. The number of rotatable bonds is 6. The van der Waals surface area contributed by atoms with Crippen LogP contribution in [0.15, 0.2) is 24.3 Å². The largest absolute Gasteiger partial charge is 0.336 e. The van der Waals surface area contributed by atoms with Crippen molar-refractivity contribution in [3.63, 3.8) is 0 Å². The Hall–Kier alpha value is -1.06. The van der Waals surface area contributed by atoms with E-state index in [9.17, 15) is 4.79 Å². The lowest BCUT2D eigenvalue weighted by atomic mass is 10.0. The lowest BCUT2D eigenvalue weighted by Gasteiger charge is -2.27. The molecule has 0 aromatic heterocycles. The molecule has 1 saturated heterocycles. The van der Waals surface area contributed by atoms with E-state index in [0.717, 1.165) is 30.1 Å². The second-order valence-corrected chi connectivity index (χ2v) is 6.58. The number of nitrogens with one attached hydrogen (secondary N) is 1. The van der Waals surface area contributed by atoms with Crippen molar-refractivity contribution in [3.8, 4) is 0 Å². The maximum absolute atomic E-state index is 12.5. The molecule has 0 spiro atoms. The van der Waals surface area contributed by atoms with Crippen molar-refractivity contribution in [2.75, 3.05) is 13.1 Å². The van der Waals surface area contributed by atoms with E-state index < -0.39 is 0 Å². The van der Waals surface area contributed by atoms with Gasteiger partial charge in [-0.15, -0.1) is 0 Å². The summed E-state index contributed by atoms with van der Waals surface area (Å²) in [4.78, 5) is 14.5. The van der Waals surface area contributed by atoms with Gasteiger partial charge in [0.15, 0.2) is 0 Å². The number of halogens is 1. The predicted octanol–water partition coefficient (Wildman–Crippen LogP) is 3.47. The van der Waals surface area contributed by atoms with Crippen LogP contribution in [0.3, 0.4) is 0 Å². The van der Waals surface area contributed by atoms with Crippen LogP contribution in [0, 0.1) is 5.92 Å². The predicted molar refractivity (Wildman–Crippen MR) is 87.3 cm³/mol. The summed E-state index contributed by atoms with van der Waals surface area (Å²) >= 11 is 6.02. The van der Waals surface area contributed by atoms with Crippen molar-refractivity contribution >= 4 is 17.5 Å². The maximum atomic E-state index is 12.5. The highest BCUT2D eigenvalue weighted by molar-refractivity contribution is 6.30. The number of benzene rings is 1. The van der Waals surface area contributed by atoms with Crippen LogP contribution in [-0.4, -0.2) is 29.9 Å². The lowest BCUT2D eigenvalue weighted by molar-refractivity contribution is -0.133. The number of hydrogen-bond acceptors (Lipinski definition) is 2. The van der Waals surface area contributed by atoms with Gasteiger partial charge in [-0.3, -0.25) is 4.79 Å². The topological polar surface area (TPSA) is 32.3 Å². The summed E-state index contributed by atoms with van der Waals surface area (Å²) in [6, 6.07) is 7.96. The molecule has 1 aromatic carbocycles. The molecule has 0 saturated carbocycles. The van der Waals surface area contributed by atoms with E-state index in [1.54, 1.807) is 0 Å². The number of amides is 1. The molecule has 3 nitrogen and oxygen atoms in total. The molecule has 1 atom stereocenters. The lowest BCUT2D eigenvalue weighted by Crippen LogP contribution is -2.36. The zero-order chi connectivity index (χ0) is 15.2. The molecule has 1 aromatic rings. The van der Waals surface area contributed by atoms with Gasteiger partial charge in [-0.1, -0.05) is 23.7 Å². The third-order valence-electron chi connectivity index (χ3n) is 4.11. The van der Waals surface area contributed by atoms with Gasteiger partial charge in [-0.25, -0.2) is 0 Å². The summed E-state index contributed by atoms with van der Waals surface area (Å²) in [5.41, 5.74) is 1.09. The quantitative estimate of drug-likeness (QED) is 0.873. The van der Waals surface area contributed by atoms with Gasteiger partial charge in [-0.2, -0.15) is 0 Å². The van der Waals surface area contributed by atoms with Crippen LogP contribution in [0.1, 0.15) is 38.7 Å². The Morgan fingerprint density at radius 1 is 1.48 bits per heavy atom. The van der Waals surface area contributed by atoms with Crippen LogP contribution in [0.4, 0.5) is 0 Å². The fourth-order valence-corrected chi connectivity index (χ4v) is 3.04. The molecule has 1 amide bonds. The molecular formula is C17H25ClN2O. The second kappa shape index (κ2) is 7.81. The van der Waals surface area contributed by atoms with Gasteiger partial charge >= 0.3 is 0 Å². The highest BCUT2D eigenvalue weighted by Crippen LogP contribution is 2.18. The van der Waals surface area contributed by atoms with Crippen LogP contribution < -0.4 is 5.32 Å². The fourth-order valence-electron chi connectivity index (χ4n) is 2.82. The molecule has 116 valence electrons. The van der Waals surface area contributed by atoms with E-state index >= 15 is 0 Å². The molecule has 1 fully saturated rings. The first kappa shape index (κ1) is 16.3. The Morgan fingerprint density at radius 2 is 2.29 bits per heavy atom. The van der Waals surface area contributed by atoms with Crippen LogP contribution >= 0.6 is 11.6 Å². The normalized spacial score (nSPS) is 18.2. The fraction of sp³-hybridized carbons (Fsp3) is 0.588. The van der Waals surface area contributed by atoms with Gasteiger partial charge in [0.05, 0.1) is 0 Å². The van der Waals surface area contributed by atoms with Gasteiger partial charge in [0.25, 0.3) is 0 Å². The number of carbonyl (C=O) groups excluding carboxylic acids is 1. The monoisotopic (exact) mass is 308 g/mol. The van der Waals surface area contributed by atoms with E-state index in [0.29, 0.717) is 18.9 Å². The Kier molecular flexibility index (Phi) is 6.07. The van der Waals surface area contributed by atoms with E-state index in [2.05, 4.69) is 19.2 Å². The van der Waals surface area contributed by atoms with Crippen molar-refractivity contribution in [2.45, 2.75) is 45.7 Å². The summed E-state index contributed by atoms with van der Waals surface area (Å²) in [7, 11) is 0. The molecule has 1 N–H and O–H groups in total. The Balaban J connectivity index is 1.92. The molecule has 4 heteroatoms. The standard InChI is InChI=1S/C17H25ClN2O/c1-13(2)20(12-15-4-3-5-16(18)10-15)17(21)7-6-14-8-9-19-11-14/h3-5,10,13-14,19H,6-9,11-12H2,1-2H3. The molecular weight excluding hydrogens is 284 g/mol. The van der Waals surface area contributed by atoms with Crippen LogP contribution in [0.5, 0.6) is 0 Å². The molecule has 0 aliphatic carbocycles. The Labute approximate surface area is 132 Å². The molecule has 1 heterocycles. The average Bonchev–Trinajstić information content (AvgIpc) is 2.95. The Morgan fingerprint density at radius 3 is 2.90 bits per heavy atom. The Bertz CT molecular complexity index is 470. The summed E-state index contributed by atoms with van der Waals surface area (Å²) in [5, 5.41) is 4.08. The minimum Gasteiger partial charge on any atom is -0.336 e. The van der Waals surface area contributed by atoms with E-state index in [4.69, 9.17) is 11.6 Å². The molecule has 0 radical (unpaired) electrons. The van der Waals surface area contributed by atoms with E-state index in [-0.39, 0.29) is 11.9 Å². The summed E-state index contributed by atoms with van der Waals surface area (Å²) in [6.07, 6.45) is 2.83. The third-order valence-corrected chi connectivity index (χ3v) is 4.35.